The summed E-state index contributed by atoms with van der Waals surface area (Å²) in [6, 6.07) is 5.64. The normalized spacial score (nSPS) is 19.6. The number of carbonyl (C=O) groups excluding carboxylic acids is 1. The van der Waals surface area contributed by atoms with Crippen LogP contribution in [0.5, 0.6) is 5.75 Å². The third-order valence-corrected chi connectivity index (χ3v) is 4.70. The van der Waals surface area contributed by atoms with E-state index in [9.17, 15) is 14.7 Å². The number of piperidine rings is 1. The largest absolute Gasteiger partial charge is 0.493 e. The Morgan fingerprint density at radius 3 is 2.78 bits per heavy atom. The quantitative estimate of drug-likeness (QED) is 0.679. The molecule has 2 unspecified atom stereocenters. The summed E-state index contributed by atoms with van der Waals surface area (Å²) in [5, 5.41) is 12.2. The summed E-state index contributed by atoms with van der Waals surface area (Å²) >= 11 is 0. The summed E-state index contributed by atoms with van der Waals surface area (Å²) in [4.78, 5) is 25.4. The molecule has 2 N–H and O–H groups in total. The number of nitrogens with zero attached hydrogens (tertiary/aromatic N) is 1. The lowest BCUT2D eigenvalue weighted by atomic mass is 9.91. The van der Waals surface area contributed by atoms with E-state index in [1.54, 1.807) is 12.0 Å². The minimum atomic E-state index is -0.843. The summed E-state index contributed by atoms with van der Waals surface area (Å²) in [6.07, 6.45) is 1.40. The number of hydrogen-bond acceptors (Lipinski definition) is 4. The molecular weight excluding hydrogens is 348 g/mol. The molecule has 0 radical (unpaired) electrons. The molecule has 1 aromatic rings. The number of likely N-dealkylation sites (tertiary alicyclic amines) is 1. The number of urea groups is 1. The first-order valence-electron chi connectivity index (χ1n) is 9.37. The third kappa shape index (κ3) is 6.43. The minimum Gasteiger partial charge on any atom is -0.493 e. The third-order valence-electron chi connectivity index (χ3n) is 4.70. The van der Waals surface area contributed by atoms with Gasteiger partial charge in [0.05, 0.1) is 12.5 Å². The Labute approximate surface area is 160 Å². The molecule has 1 aromatic carbocycles. The van der Waals surface area contributed by atoms with Crippen LogP contribution in [-0.2, 0) is 16.1 Å². The van der Waals surface area contributed by atoms with E-state index in [4.69, 9.17) is 9.47 Å². The van der Waals surface area contributed by atoms with Crippen LogP contribution in [0, 0.1) is 18.8 Å². The molecule has 2 atom stereocenters. The van der Waals surface area contributed by atoms with Crippen LogP contribution in [0.1, 0.15) is 30.9 Å². The average Bonchev–Trinajstić information content (AvgIpc) is 2.63. The van der Waals surface area contributed by atoms with E-state index in [0.29, 0.717) is 32.7 Å². The zero-order chi connectivity index (χ0) is 19.8. The Bertz CT molecular complexity index is 649. The van der Waals surface area contributed by atoms with Crippen molar-refractivity contribution in [2.24, 2.45) is 11.8 Å². The molecule has 0 aromatic heterocycles. The molecule has 7 nitrogen and oxygen atoms in total. The number of carboxylic acid groups (broad SMARTS) is 1. The van der Waals surface area contributed by atoms with Crippen molar-refractivity contribution in [1.82, 2.24) is 10.2 Å². The van der Waals surface area contributed by atoms with E-state index in [2.05, 4.69) is 5.32 Å². The van der Waals surface area contributed by atoms with E-state index in [0.717, 1.165) is 23.3 Å². The van der Waals surface area contributed by atoms with Gasteiger partial charge in [0.25, 0.3) is 0 Å². The lowest BCUT2D eigenvalue weighted by Crippen LogP contribution is -2.49. The van der Waals surface area contributed by atoms with Crippen molar-refractivity contribution in [3.8, 4) is 5.75 Å². The highest BCUT2D eigenvalue weighted by atomic mass is 16.5. The van der Waals surface area contributed by atoms with Crippen molar-refractivity contribution in [1.29, 1.82) is 0 Å². The molecule has 0 bridgehead atoms. The highest BCUT2D eigenvalue weighted by Gasteiger charge is 2.31. The van der Waals surface area contributed by atoms with Crippen molar-refractivity contribution in [2.45, 2.75) is 33.2 Å². The van der Waals surface area contributed by atoms with Crippen LogP contribution in [0.25, 0.3) is 0 Å². The predicted molar refractivity (Wildman–Crippen MR) is 102 cm³/mol. The van der Waals surface area contributed by atoms with Gasteiger partial charge in [0, 0.05) is 45.3 Å². The first-order chi connectivity index (χ1) is 12.9. The monoisotopic (exact) mass is 378 g/mol. The van der Waals surface area contributed by atoms with E-state index < -0.39 is 11.9 Å². The van der Waals surface area contributed by atoms with Crippen LogP contribution in [0.15, 0.2) is 18.2 Å². The molecule has 0 saturated carbocycles. The number of amides is 2. The number of aliphatic carboxylic acids is 1. The molecule has 1 saturated heterocycles. The molecule has 1 fully saturated rings. The first-order valence-corrected chi connectivity index (χ1v) is 9.37. The molecule has 2 amide bonds. The van der Waals surface area contributed by atoms with E-state index in [1.807, 2.05) is 32.0 Å². The number of ether oxygens (including phenoxy) is 2. The maximum atomic E-state index is 12.5. The SMILES string of the molecule is COCCCOc1cc(C)ccc1CNC(=O)N1CC(C)CC(C(=O)O)C1. The van der Waals surface area contributed by atoms with Crippen LogP contribution < -0.4 is 10.1 Å². The Morgan fingerprint density at radius 1 is 1.30 bits per heavy atom. The summed E-state index contributed by atoms with van der Waals surface area (Å²) in [6.45, 7) is 6.30. The zero-order valence-electron chi connectivity index (χ0n) is 16.4. The second-order valence-electron chi connectivity index (χ2n) is 7.25. The van der Waals surface area contributed by atoms with Crippen LogP contribution >= 0.6 is 0 Å². The number of nitrogens with one attached hydrogen (secondary N) is 1. The van der Waals surface area contributed by atoms with Crippen LogP contribution in [0.3, 0.4) is 0 Å². The Balaban J connectivity index is 1.94. The Morgan fingerprint density at radius 2 is 2.07 bits per heavy atom. The van der Waals surface area contributed by atoms with E-state index in [1.165, 1.54) is 0 Å². The topological polar surface area (TPSA) is 88.1 Å². The van der Waals surface area contributed by atoms with Crippen molar-refractivity contribution in [2.75, 3.05) is 33.4 Å². The predicted octanol–water partition coefficient (Wildman–Crippen LogP) is 2.66. The summed E-state index contributed by atoms with van der Waals surface area (Å²) in [7, 11) is 1.66. The number of aryl methyl sites for hydroxylation is 1. The van der Waals surface area contributed by atoms with E-state index in [-0.39, 0.29) is 18.5 Å². The first kappa shape index (κ1) is 21.0. The highest BCUT2D eigenvalue weighted by Crippen LogP contribution is 2.23. The van der Waals surface area contributed by atoms with Crippen molar-refractivity contribution < 1.29 is 24.2 Å². The fourth-order valence-electron chi connectivity index (χ4n) is 3.31. The molecule has 7 heteroatoms. The summed E-state index contributed by atoms with van der Waals surface area (Å²) < 4.78 is 10.9. The Hall–Kier alpha value is -2.28. The molecule has 1 aliphatic heterocycles. The average molecular weight is 378 g/mol. The lowest BCUT2D eigenvalue weighted by Gasteiger charge is -2.34. The highest BCUT2D eigenvalue weighted by molar-refractivity contribution is 5.76. The summed E-state index contributed by atoms with van der Waals surface area (Å²) in [5.74, 6) is -0.422. The zero-order valence-corrected chi connectivity index (χ0v) is 16.4. The van der Waals surface area contributed by atoms with Crippen molar-refractivity contribution >= 4 is 12.0 Å². The smallest absolute Gasteiger partial charge is 0.317 e. The van der Waals surface area contributed by atoms with Gasteiger partial charge in [-0.3, -0.25) is 4.79 Å². The van der Waals surface area contributed by atoms with Gasteiger partial charge in [-0.1, -0.05) is 19.1 Å². The second kappa shape index (κ2) is 10.2. The molecule has 2 rings (SSSR count). The van der Waals surface area contributed by atoms with Gasteiger partial charge in [-0.05, 0) is 30.9 Å². The number of benzene rings is 1. The minimum absolute atomic E-state index is 0.171. The maximum absolute atomic E-state index is 12.5. The van der Waals surface area contributed by atoms with Gasteiger partial charge in [-0.2, -0.15) is 0 Å². The maximum Gasteiger partial charge on any atom is 0.317 e. The van der Waals surface area contributed by atoms with Gasteiger partial charge in [-0.25, -0.2) is 4.79 Å². The van der Waals surface area contributed by atoms with Gasteiger partial charge in [0.2, 0.25) is 0 Å². The number of hydrogen-bond donors (Lipinski definition) is 2. The molecular formula is C20H30N2O5. The van der Waals surface area contributed by atoms with Gasteiger partial charge in [0.1, 0.15) is 5.75 Å². The molecule has 1 heterocycles. The fraction of sp³-hybridized carbons (Fsp3) is 0.600. The summed E-state index contributed by atoms with van der Waals surface area (Å²) in [5.41, 5.74) is 1.98. The van der Waals surface area contributed by atoms with Crippen LogP contribution in [-0.4, -0.2) is 55.4 Å². The standard InChI is InChI=1S/C20H30N2O5/c1-14-5-6-16(18(10-14)27-8-4-7-26-3)11-21-20(25)22-12-15(2)9-17(13-22)19(23)24/h5-6,10,15,17H,4,7-9,11-13H2,1-3H3,(H,21,25)(H,23,24). The van der Waals surface area contributed by atoms with Gasteiger partial charge in [0.15, 0.2) is 0 Å². The molecule has 0 spiro atoms. The van der Waals surface area contributed by atoms with Gasteiger partial charge < -0.3 is 24.8 Å². The lowest BCUT2D eigenvalue weighted by molar-refractivity contribution is -0.143. The fourth-order valence-corrected chi connectivity index (χ4v) is 3.31. The van der Waals surface area contributed by atoms with Crippen LogP contribution in [0.4, 0.5) is 4.79 Å². The Kier molecular flexibility index (Phi) is 7.91. The van der Waals surface area contributed by atoms with Gasteiger partial charge >= 0.3 is 12.0 Å². The molecule has 0 aliphatic carbocycles. The van der Waals surface area contributed by atoms with Crippen molar-refractivity contribution in [3.63, 3.8) is 0 Å². The number of methoxy groups -OCH3 is 1. The van der Waals surface area contributed by atoms with Crippen LogP contribution in [0.2, 0.25) is 0 Å². The number of rotatable bonds is 8. The van der Waals surface area contributed by atoms with E-state index >= 15 is 0 Å². The van der Waals surface area contributed by atoms with Gasteiger partial charge in [-0.15, -0.1) is 0 Å². The molecule has 1 aliphatic rings. The van der Waals surface area contributed by atoms with Crippen molar-refractivity contribution in [3.05, 3.63) is 29.3 Å². The number of carbonyl (C=O) groups is 2. The molecule has 27 heavy (non-hydrogen) atoms. The number of carboxylic acids is 1. The second-order valence-corrected chi connectivity index (χ2v) is 7.25. The molecule has 150 valence electrons.